The van der Waals surface area contributed by atoms with E-state index in [2.05, 4.69) is 4.98 Å². The maximum absolute atomic E-state index is 12.1. The molecule has 3 rings (SSSR count). The molecular formula is C17H19NO4S. The smallest absolute Gasteiger partial charge is 0.357 e. The molecule has 1 aliphatic rings. The molecule has 0 N–H and O–H groups in total. The van der Waals surface area contributed by atoms with E-state index in [4.69, 9.17) is 14.2 Å². The second kappa shape index (κ2) is 7.57. The van der Waals surface area contributed by atoms with Gasteiger partial charge in [0.1, 0.15) is 17.4 Å². The Bertz CT molecular complexity index is 647. The van der Waals surface area contributed by atoms with Gasteiger partial charge in [-0.05, 0) is 43.5 Å². The molecule has 0 saturated carbocycles. The lowest BCUT2D eigenvalue weighted by Crippen LogP contribution is -2.26. The molecule has 5 nitrogen and oxygen atoms in total. The summed E-state index contributed by atoms with van der Waals surface area (Å²) in [7, 11) is 1.63. The first-order valence-corrected chi connectivity index (χ1v) is 8.53. The van der Waals surface area contributed by atoms with Gasteiger partial charge in [0.05, 0.1) is 13.2 Å². The van der Waals surface area contributed by atoms with Gasteiger partial charge in [0.2, 0.25) is 0 Å². The SMILES string of the molecule is COc1ccc(-c2nc(C(=O)OCC3CCCCO3)cs2)cc1. The Morgan fingerprint density at radius 2 is 2.17 bits per heavy atom. The normalized spacial score (nSPS) is 17.7. The van der Waals surface area contributed by atoms with E-state index >= 15 is 0 Å². The van der Waals surface area contributed by atoms with Crippen LogP contribution in [0.4, 0.5) is 0 Å². The number of rotatable bonds is 5. The molecule has 1 atom stereocenters. The van der Waals surface area contributed by atoms with Crippen LogP contribution in [0.25, 0.3) is 10.6 Å². The number of benzene rings is 1. The lowest BCUT2D eigenvalue weighted by atomic mass is 10.1. The van der Waals surface area contributed by atoms with E-state index in [-0.39, 0.29) is 6.10 Å². The molecule has 0 bridgehead atoms. The number of esters is 1. The van der Waals surface area contributed by atoms with Crippen LogP contribution in [-0.4, -0.2) is 37.4 Å². The summed E-state index contributed by atoms with van der Waals surface area (Å²) < 4.78 is 16.0. The quantitative estimate of drug-likeness (QED) is 0.783. The van der Waals surface area contributed by atoms with Crippen molar-refractivity contribution in [2.75, 3.05) is 20.3 Å². The largest absolute Gasteiger partial charge is 0.497 e. The van der Waals surface area contributed by atoms with Crippen LogP contribution in [0.1, 0.15) is 29.8 Å². The van der Waals surface area contributed by atoms with Crippen LogP contribution in [0.15, 0.2) is 29.6 Å². The number of methoxy groups -OCH3 is 1. The van der Waals surface area contributed by atoms with E-state index in [1.807, 2.05) is 24.3 Å². The van der Waals surface area contributed by atoms with Crippen LogP contribution in [0.5, 0.6) is 5.75 Å². The summed E-state index contributed by atoms with van der Waals surface area (Å²) in [6.45, 7) is 1.05. The van der Waals surface area contributed by atoms with Gasteiger partial charge in [0.25, 0.3) is 0 Å². The predicted molar refractivity (Wildman–Crippen MR) is 88.0 cm³/mol. The molecule has 2 heterocycles. The van der Waals surface area contributed by atoms with Gasteiger partial charge < -0.3 is 14.2 Å². The Morgan fingerprint density at radius 1 is 1.35 bits per heavy atom. The van der Waals surface area contributed by atoms with Crippen molar-refractivity contribution in [1.82, 2.24) is 4.98 Å². The van der Waals surface area contributed by atoms with Crippen molar-refractivity contribution in [1.29, 1.82) is 0 Å². The third-order valence-corrected chi connectivity index (χ3v) is 4.62. The van der Waals surface area contributed by atoms with Gasteiger partial charge in [-0.3, -0.25) is 0 Å². The first-order chi connectivity index (χ1) is 11.3. The van der Waals surface area contributed by atoms with Crippen molar-refractivity contribution in [3.05, 3.63) is 35.3 Å². The second-order valence-electron chi connectivity index (χ2n) is 5.35. The minimum atomic E-state index is -0.393. The van der Waals surface area contributed by atoms with Crippen molar-refractivity contribution in [2.24, 2.45) is 0 Å². The molecule has 1 aromatic carbocycles. The van der Waals surface area contributed by atoms with Crippen molar-refractivity contribution >= 4 is 17.3 Å². The summed E-state index contributed by atoms with van der Waals surface area (Å²) in [4.78, 5) is 16.4. The van der Waals surface area contributed by atoms with Crippen LogP contribution in [0.2, 0.25) is 0 Å². The molecule has 1 fully saturated rings. The molecule has 0 amide bonds. The average Bonchev–Trinajstić information content (AvgIpc) is 3.11. The summed E-state index contributed by atoms with van der Waals surface area (Å²) in [5.41, 5.74) is 1.29. The molecule has 0 aliphatic carbocycles. The molecule has 122 valence electrons. The van der Waals surface area contributed by atoms with E-state index in [0.717, 1.165) is 42.2 Å². The van der Waals surface area contributed by atoms with Crippen LogP contribution in [-0.2, 0) is 9.47 Å². The number of hydrogen-bond donors (Lipinski definition) is 0. The van der Waals surface area contributed by atoms with Crippen molar-refractivity contribution in [3.8, 4) is 16.3 Å². The third kappa shape index (κ3) is 4.09. The zero-order valence-electron chi connectivity index (χ0n) is 13.0. The van der Waals surface area contributed by atoms with Crippen LogP contribution < -0.4 is 4.74 Å². The fraction of sp³-hybridized carbons (Fsp3) is 0.412. The molecule has 6 heteroatoms. The number of ether oxygens (including phenoxy) is 3. The summed E-state index contributed by atoms with van der Waals surface area (Å²) in [5.74, 6) is 0.396. The Morgan fingerprint density at radius 3 is 2.87 bits per heavy atom. The molecule has 1 aliphatic heterocycles. The van der Waals surface area contributed by atoms with Crippen molar-refractivity contribution < 1.29 is 19.0 Å². The predicted octanol–water partition coefficient (Wildman–Crippen LogP) is 3.54. The van der Waals surface area contributed by atoms with Gasteiger partial charge in [-0.15, -0.1) is 11.3 Å². The summed E-state index contributed by atoms with van der Waals surface area (Å²) >= 11 is 1.42. The molecular weight excluding hydrogens is 314 g/mol. The van der Waals surface area contributed by atoms with E-state index in [1.165, 1.54) is 11.3 Å². The zero-order valence-corrected chi connectivity index (χ0v) is 13.8. The zero-order chi connectivity index (χ0) is 16.1. The highest BCUT2D eigenvalue weighted by molar-refractivity contribution is 7.13. The lowest BCUT2D eigenvalue weighted by Gasteiger charge is -2.21. The number of nitrogens with zero attached hydrogens (tertiary/aromatic N) is 1. The highest BCUT2D eigenvalue weighted by atomic mass is 32.1. The Labute approximate surface area is 139 Å². The van der Waals surface area contributed by atoms with Gasteiger partial charge >= 0.3 is 5.97 Å². The molecule has 1 aromatic heterocycles. The second-order valence-corrected chi connectivity index (χ2v) is 6.21. The molecule has 2 aromatic rings. The Kier molecular flexibility index (Phi) is 5.25. The molecule has 23 heavy (non-hydrogen) atoms. The van der Waals surface area contributed by atoms with Gasteiger partial charge in [-0.25, -0.2) is 9.78 Å². The molecule has 0 radical (unpaired) electrons. The van der Waals surface area contributed by atoms with Crippen LogP contribution in [0, 0.1) is 0 Å². The van der Waals surface area contributed by atoms with Gasteiger partial charge in [-0.2, -0.15) is 0 Å². The minimum Gasteiger partial charge on any atom is -0.497 e. The first kappa shape index (κ1) is 16.0. The summed E-state index contributed by atoms with van der Waals surface area (Å²) in [6, 6.07) is 7.58. The number of carbonyl (C=O) groups excluding carboxylic acids is 1. The third-order valence-electron chi connectivity index (χ3n) is 3.72. The maximum atomic E-state index is 12.1. The molecule has 1 saturated heterocycles. The summed E-state index contributed by atoms with van der Waals surface area (Å²) in [6.07, 6.45) is 3.18. The molecule has 0 spiro atoms. The number of hydrogen-bond acceptors (Lipinski definition) is 6. The van der Waals surface area contributed by atoms with Crippen molar-refractivity contribution in [2.45, 2.75) is 25.4 Å². The van der Waals surface area contributed by atoms with Gasteiger partial charge in [0, 0.05) is 17.6 Å². The van der Waals surface area contributed by atoms with E-state index in [0.29, 0.717) is 12.3 Å². The maximum Gasteiger partial charge on any atom is 0.357 e. The minimum absolute atomic E-state index is 0.0207. The number of carbonyl (C=O) groups is 1. The van der Waals surface area contributed by atoms with E-state index in [1.54, 1.807) is 12.5 Å². The van der Waals surface area contributed by atoms with E-state index in [9.17, 15) is 4.79 Å². The fourth-order valence-electron chi connectivity index (χ4n) is 2.42. The lowest BCUT2D eigenvalue weighted by molar-refractivity contribution is -0.0302. The monoisotopic (exact) mass is 333 g/mol. The Hall–Kier alpha value is -1.92. The van der Waals surface area contributed by atoms with Crippen LogP contribution >= 0.6 is 11.3 Å². The van der Waals surface area contributed by atoms with E-state index < -0.39 is 5.97 Å². The number of aromatic nitrogens is 1. The topological polar surface area (TPSA) is 57.7 Å². The number of thiazole rings is 1. The summed E-state index contributed by atoms with van der Waals surface area (Å²) in [5, 5.41) is 2.51. The van der Waals surface area contributed by atoms with Gasteiger partial charge in [0.15, 0.2) is 5.69 Å². The highest BCUT2D eigenvalue weighted by Gasteiger charge is 2.18. The molecule has 1 unspecified atom stereocenters. The average molecular weight is 333 g/mol. The highest BCUT2D eigenvalue weighted by Crippen LogP contribution is 2.26. The van der Waals surface area contributed by atoms with Gasteiger partial charge in [-0.1, -0.05) is 0 Å². The standard InChI is InChI=1S/C17H19NO4S/c1-20-13-7-5-12(6-8-13)16-18-15(11-23-16)17(19)22-10-14-4-2-3-9-21-14/h5-8,11,14H,2-4,9-10H2,1H3. The van der Waals surface area contributed by atoms with Crippen molar-refractivity contribution in [3.63, 3.8) is 0 Å². The first-order valence-electron chi connectivity index (χ1n) is 7.65. The Balaban J connectivity index is 1.60. The fourth-order valence-corrected chi connectivity index (χ4v) is 3.21. The van der Waals surface area contributed by atoms with Crippen LogP contribution in [0.3, 0.4) is 0 Å².